The summed E-state index contributed by atoms with van der Waals surface area (Å²) in [6.07, 6.45) is 6.32. The van der Waals surface area contributed by atoms with Crippen molar-refractivity contribution < 1.29 is 9.47 Å². The van der Waals surface area contributed by atoms with E-state index in [1.807, 2.05) is 13.8 Å². The fourth-order valence-corrected chi connectivity index (χ4v) is 1.75. The number of ether oxygens (including phenoxy) is 2. The summed E-state index contributed by atoms with van der Waals surface area (Å²) >= 11 is 0. The second-order valence-electron chi connectivity index (χ2n) is 4.18. The Hall–Kier alpha value is -0.0800. The Morgan fingerprint density at radius 2 is 1.53 bits per heavy atom. The van der Waals surface area contributed by atoms with Crippen LogP contribution in [0.25, 0.3) is 0 Å². The van der Waals surface area contributed by atoms with Gasteiger partial charge in [0.25, 0.3) is 0 Å². The quantitative estimate of drug-likeness (QED) is 0.406. The van der Waals surface area contributed by atoms with Crippen LogP contribution in [0.15, 0.2) is 0 Å². The van der Waals surface area contributed by atoms with Crippen molar-refractivity contribution in [1.82, 2.24) is 0 Å². The van der Waals surface area contributed by atoms with E-state index in [-0.39, 0.29) is 6.29 Å². The second kappa shape index (κ2) is 10.4. The van der Waals surface area contributed by atoms with E-state index in [1.54, 1.807) is 0 Å². The summed E-state index contributed by atoms with van der Waals surface area (Å²) in [5.41, 5.74) is 0. The molecule has 0 bridgehead atoms. The predicted molar refractivity (Wildman–Crippen MR) is 65.0 cm³/mol. The molecule has 15 heavy (non-hydrogen) atoms. The Morgan fingerprint density at radius 3 is 2.00 bits per heavy atom. The Kier molecular flexibility index (Phi) is 10.4. The fraction of sp³-hybridized carbons (Fsp3) is 1.00. The van der Waals surface area contributed by atoms with Crippen LogP contribution in [0.2, 0.25) is 0 Å². The highest BCUT2D eigenvalue weighted by Crippen LogP contribution is 2.17. The van der Waals surface area contributed by atoms with Gasteiger partial charge in [0.1, 0.15) is 0 Å². The van der Waals surface area contributed by atoms with Crippen molar-refractivity contribution in [3.8, 4) is 0 Å². The Bertz CT molecular complexity index is 120. The molecule has 0 saturated carbocycles. The first-order valence-corrected chi connectivity index (χ1v) is 6.47. The minimum atomic E-state index is 0.0108. The zero-order chi connectivity index (χ0) is 11.5. The molecule has 2 heteroatoms. The lowest BCUT2D eigenvalue weighted by Gasteiger charge is -2.20. The van der Waals surface area contributed by atoms with Gasteiger partial charge >= 0.3 is 0 Å². The minimum Gasteiger partial charge on any atom is -0.353 e. The number of hydrogen-bond acceptors (Lipinski definition) is 2. The Morgan fingerprint density at radius 1 is 0.933 bits per heavy atom. The molecule has 0 aromatic carbocycles. The minimum absolute atomic E-state index is 0.0108. The molecule has 0 aromatic heterocycles. The maximum atomic E-state index is 5.54. The van der Waals surface area contributed by atoms with Crippen LogP contribution in [0.5, 0.6) is 0 Å². The van der Waals surface area contributed by atoms with Crippen LogP contribution in [0.3, 0.4) is 0 Å². The van der Waals surface area contributed by atoms with Crippen molar-refractivity contribution >= 4 is 0 Å². The molecule has 0 saturated heterocycles. The third-order valence-electron chi connectivity index (χ3n) is 2.60. The van der Waals surface area contributed by atoms with Crippen molar-refractivity contribution in [2.45, 2.75) is 66.1 Å². The molecule has 0 N–H and O–H groups in total. The zero-order valence-electron chi connectivity index (χ0n) is 10.9. The third-order valence-corrected chi connectivity index (χ3v) is 2.60. The predicted octanol–water partition coefficient (Wildman–Crippen LogP) is 3.99. The van der Waals surface area contributed by atoms with E-state index >= 15 is 0 Å². The Labute approximate surface area is 95.3 Å². The molecule has 2 nitrogen and oxygen atoms in total. The second-order valence-corrected chi connectivity index (χ2v) is 4.18. The molecule has 1 unspecified atom stereocenters. The molecule has 0 heterocycles. The molecule has 0 aliphatic carbocycles. The van der Waals surface area contributed by atoms with Crippen LogP contribution < -0.4 is 0 Å². The summed E-state index contributed by atoms with van der Waals surface area (Å²) in [6.45, 7) is 10.1. The SMILES string of the molecule is CCCCCC(C)CC(OCC)OCC. The van der Waals surface area contributed by atoms with Crippen molar-refractivity contribution in [1.29, 1.82) is 0 Å². The molecule has 0 aromatic rings. The molecule has 0 rings (SSSR count). The molecule has 1 atom stereocenters. The molecular weight excluding hydrogens is 188 g/mol. The molecule has 0 aliphatic heterocycles. The summed E-state index contributed by atoms with van der Waals surface area (Å²) in [5.74, 6) is 0.708. The van der Waals surface area contributed by atoms with Gasteiger partial charge in [-0.2, -0.15) is 0 Å². The van der Waals surface area contributed by atoms with Crippen molar-refractivity contribution in [2.24, 2.45) is 5.92 Å². The molecular formula is C13H28O2. The first-order chi connectivity index (χ1) is 7.24. The standard InChI is InChI=1S/C13H28O2/c1-5-8-9-10-12(4)11-13(14-6-2)15-7-3/h12-13H,5-11H2,1-4H3. The molecule has 0 spiro atoms. The van der Waals surface area contributed by atoms with Crippen molar-refractivity contribution in [2.75, 3.05) is 13.2 Å². The first kappa shape index (κ1) is 14.9. The molecule has 0 amide bonds. The van der Waals surface area contributed by atoms with Gasteiger partial charge in [0.15, 0.2) is 6.29 Å². The fourth-order valence-electron chi connectivity index (χ4n) is 1.75. The highest BCUT2D eigenvalue weighted by Gasteiger charge is 2.12. The van der Waals surface area contributed by atoms with E-state index in [4.69, 9.17) is 9.47 Å². The third kappa shape index (κ3) is 8.88. The number of unbranched alkanes of at least 4 members (excludes halogenated alkanes) is 2. The van der Waals surface area contributed by atoms with Gasteiger partial charge in [-0.3, -0.25) is 0 Å². The lowest BCUT2D eigenvalue weighted by atomic mass is 10.00. The van der Waals surface area contributed by atoms with Crippen LogP contribution in [0.4, 0.5) is 0 Å². The van der Waals surface area contributed by atoms with E-state index in [0.717, 1.165) is 19.6 Å². The van der Waals surface area contributed by atoms with Crippen LogP contribution in [-0.4, -0.2) is 19.5 Å². The molecule has 0 radical (unpaired) electrons. The van der Waals surface area contributed by atoms with Gasteiger partial charge in [-0.25, -0.2) is 0 Å². The normalized spacial score (nSPS) is 13.4. The smallest absolute Gasteiger partial charge is 0.157 e. The van der Waals surface area contributed by atoms with Crippen LogP contribution >= 0.6 is 0 Å². The maximum absolute atomic E-state index is 5.54. The lowest BCUT2D eigenvalue weighted by Crippen LogP contribution is -2.20. The van der Waals surface area contributed by atoms with E-state index in [2.05, 4.69) is 13.8 Å². The summed E-state index contributed by atoms with van der Waals surface area (Å²) in [5, 5.41) is 0. The zero-order valence-corrected chi connectivity index (χ0v) is 10.9. The van der Waals surface area contributed by atoms with Gasteiger partial charge in [0.05, 0.1) is 0 Å². The lowest BCUT2D eigenvalue weighted by molar-refractivity contribution is -0.145. The van der Waals surface area contributed by atoms with E-state index < -0.39 is 0 Å². The van der Waals surface area contributed by atoms with E-state index in [1.165, 1.54) is 25.7 Å². The van der Waals surface area contributed by atoms with Crippen molar-refractivity contribution in [3.63, 3.8) is 0 Å². The van der Waals surface area contributed by atoms with Crippen LogP contribution in [0, 0.1) is 5.92 Å². The van der Waals surface area contributed by atoms with Crippen LogP contribution in [0.1, 0.15) is 59.8 Å². The highest BCUT2D eigenvalue weighted by atomic mass is 16.7. The van der Waals surface area contributed by atoms with Crippen LogP contribution in [-0.2, 0) is 9.47 Å². The molecule has 0 fully saturated rings. The number of hydrogen-bond donors (Lipinski definition) is 0. The Balaban J connectivity index is 3.62. The van der Waals surface area contributed by atoms with Gasteiger partial charge in [0, 0.05) is 19.6 Å². The molecule has 0 aliphatic rings. The largest absolute Gasteiger partial charge is 0.353 e. The first-order valence-electron chi connectivity index (χ1n) is 6.47. The van der Waals surface area contributed by atoms with Gasteiger partial charge in [-0.05, 0) is 19.8 Å². The summed E-state index contributed by atoms with van der Waals surface area (Å²) in [6, 6.07) is 0. The number of rotatable bonds is 10. The van der Waals surface area contributed by atoms with E-state index in [9.17, 15) is 0 Å². The summed E-state index contributed by atoms with van der Waals surface area (Å²) < 4.78 is 11.1. The highest BCUT2D eigenvalue weighted by molar-refractivity contribution is 4.57. The van der Waals surface area contributed by atoms with Crippen molar-refractivity contribution in [3.05, 3.63) is 0 Å². The summed E-state index contributed by atoms with van der Waals surface area (Å²) in [7, 11) is 0. The molecule has 92 valence electrons. The average molecular weight is 216 g/mol. The monoisotopic (exact) mass is 216 g/mol. The van der Waals surface area contributed by atoms with E-state index in [0.29, 0.717) is 5.92 Å². The summed E-state index contributed by atoms with van der Waals surface area (Å²) in [4.78, 5) is 0. The van der Waals surface area contributed by atoms with Gasteiger partial charge < -0.3 is 9.47 Å². The average Bonchev–Trinajstić information content (AvgIpc) is 2.19. The van der Waals surface area contributed by atoms with Gasteiger partial charge in [0.2, 0.25) is 0 Å². The maximum Gasteiger partial charge on any atom is 0.157 e. The topological polar surface area (TPSA) is 18.5 Å². The van der Waals surface area contributed by atoms with Gasteiger partial charge in [-0.1, -0.05) is 39.5 Å². The van der Waals surface area contributed by atoms with Gasteiger partial charge in [-0.15, -0.1) is 0 Å².